The molecular weight excluding hydrogens is 601 g/mol. The summed E-state index contributed by atoms with van der Waals surface area (Å²) in [5.41, 5.74) is -0.495. The summed E-state index contributed by atoms with van der Waals surface area (Å²) < 4.78 is 42.2. The van der Waals surface area contributed by atoms with E-state index in [-0.39, 0.29) is 36.0 Å². The SMILES string of the molecule is O=C1C[C@@H](C2C=C(Cl)C=CC2F)[C@]2(C(=O)Nc3cc(Cl)ccc32)[C@@H](c2cc(F)ccc2Oc2ccc(OCCO)cc2)N1. The number of halogens is 4. The molecule has 1 aliphatic carbocycles. The standard InChI is InChI=1S/C32H26Cl2F2N2O5/c33-17-2-9-26(36)22(13-17)25-16-29(40)38-30(32(25)24-8-1-18(34)14-27(24)37-31(32)41)23-15-19(35)3-10-28(23)43-21-6-4-20(5-7-21)42-12-11-39/h1-10,13-15,22,25-26,30,39H,11-12,16H2,(H,37,41)(H,38,40)/t22?,25-,26?,30+,32-/m0/s1. The predicted octanol–water partition coefficient (Wildman–Crippen LogP) is 6.36. The maximum Gasteiger partial charge on any atom is 0.237 e. The van der Waals surface area contributed by atoms with E-state index in [1.54, 1.807) is 42.5 Å². The highest BCUT2D eigenvalue weighted by Gasteiger charge is 2.63. The van der Waals surface area contributed by atoms with Crippen molar-refractivity contribution in [1.82, 2.24) is 5.32 Å². The number of carbonyl (C=O) groups is 2. The third kappa shape index (κ3) is 5.26. The van der Waals surface area contributed by atoms with Gasteiger partial charge < -0.3 is 25.2 Å². The quantitative estimate of drug-likeness (QED) is 0.284. The van der Waals surface area contributed by atoms with E-state index >= 15 is 4.39 Å². The fourth-order valence-electron chi connectivity index (χ4n) is 6.37. The molecule has 3 N–H and O–H groups in total. The average Bonchev–Trinajstić information content (AvgIpc) is 3.26. The second kappa shape index (κ2) is 11.6. The zero-order chi connectivity index (χ0) is 30.3. The predicted molar refractivity (Wildman–Crippen MR) is 158 cm³/mol. The number of anilines is 1. The fraction of sp³-hybridized carbons (Fsp3) is 0.250. The molecular formula is C32H26Cl2F2N2O5. The first kappa shape index (κ1) is 29.2. The van der Waals surface area contributed by atoms with Crippen molar-refractivity contribution in [2.45, 2.75) is 24.0 Å². The Morgan fingerprint density at radius 2 is 1.79 bits per heavy atom. The molecule has 2 unspecified atom stereocenters. The molecule has 2 aliphatic heterocycles. The van der Waals surface area contributed by atoms with Crippen LogP contribution >= 0.6 is 23.2 Å². The third-order valence-electron chi connectivity index (χ3n) is 8.12. The largest absolute Gasteiger partial charge is 0.491 e. The minimum atomic E-state index is -1.59. The van der Waals surface area contributed by atoms with Crippen molar-refractivity contribution in [2.75, 3.05) is 18.5 Å². The summed E-state index contributed by atoms with van der Waals surface area (Å²) in [5, 5.41) is 15.5. The van der Waals surface area contributed by atoms with Gasteiger partial charge in [0.2, 0.25) is 11.8 Å². The number of benzene rings is 3. The minimum Gasteiger partial charge on any atom is -0.491 e. The van der Waals surface area contributed by atoms with E-state index in [2.05, 4.69) is 10.6 Å². The van der Waals surface area contributed by atoms with Crippen LogP contribution in [0.2, 0.25) is 5.02 Å². The van der Waals surface area contributed by atoms with Gasteiger partial charge in [0.05, 0.1) is 12.6 Å². The number of rotatable bonds is 7. The van der Waals surface area contributed by atoms with Crippen molar-refractivity contribution < 1.29 is 33.0 Å². The average molecular weight is 627 g/mol. The van der Waals surface area contributed by atoms with E-state index in [9.17, 15) is 14.0 Å². The molecule has 3 aromatic rings. The first-order chi connectivity index (χ1) is 20.7. The monoisotopic (exact) mass is 626 g/mol. The van der Waals surface area contributed by atoms with Crippen LogP contribution in [0.25, 0.3) is 0 Å². The molecule has 222 valence electrons. The van der Waals surface area contributed by atoms with E-state index in [0.29, 0.717) is 27.8 Å². The summed E-state index contributed by atoms with van der Waals surface area (Å²) in [6.45, 7) is -0.0170. The van der Waals surface area contributed by atoms with Crippen molar-refractivity contribution in [3.05, 3.63) is 106 Å². The second-order valence-electron chi connectivity index (χ2n) is 10.6. The minimum absolute atomic E-state index is 0.124. The third-order valence-corrected chi connectivity index (χ3v) is 8.61. The molecule has 0 aromatic heterocycles. The highest BCUT2D eigenvalue weighted by atomic mass is 35.5. The Kier molecular flexibility index (Phi) is 7.89. The van der Waals surface area contributed by atoms with E-state index in [1.807, 2.05) is 0 Å². The van der Waals surface area contributed by atoms with Gasteiger partial charge in [0.1, 0.15) is 41.3 Å². The number of nitrogens with one attached hydrogen (secondary N) is 2. The van der Waals surface area contributed by atoms with Crippen LogP contribution in [0.4, 0.5) is 14.5 Å². The lowest BCUT2D eigenvalue weighted by molar-refractivity contribution is -0.135. The number of hydrogen-bond donors (Lipinski definition) is 3. The molecule has 1 fully saturated rings. The molecule has 6 rings (SSSR count). The summed E-state index contributed by atoms with van der Waals surface area (Å²) in [6, 6.07) is 14.1. The number of allylic oxidation sites excluding steroid dienone is 4. The molecule has 7 nitrogen and oxygen atoms in total. The molecule has 1 spiro atoms. The van der Waals surface area contributed by atoms with E-state index in [0.717, 1.165) is 0 Å². The summed E-state index contributed by atoms with van der Waals surface area (Å²) in [4.78, 5) is 27.6. The van der Waals surface area contributed by atoms with Crippen molar-refractivity contribution in [3.8, 4) is 17.2 Å². The summed E-state index contributed by atoms with van der Waals surface area (Å²) in [6.07, 6.45) is 2.56. The fourth-order valence-corrected chi connectivity index (χ4v) is 6.76. The number of ether oxygens (including phenoxy) is 2. The van der Waals surface area contributed by atoms with Crippen molar-refractivity contribution in [3.63, 3.8) is 0 Å². The molecule has 5 atom stereocenters. The van der Waals surface area contributed by atoms with Crippen molar-refractivity contribution in [1.29, 1.82) is 0 Å². The van der Waals surface area contributed by atoms with Crippen LogP contribution in [0, 0.1) is 17.7 Å². The van der Waals surface area contributed by atoms with Gasteiger partial charge in [-0.25, -0.2) is 8.78 Å². The lowest BCUT2D eigenvalue weighted by Gasteiger charge is -2.49. The molecule has 43 heavy (non-hydrogen) atoms. The molecule has 0 bridgehead atoms. The normalized spacial score (nSPS) is 26.0. The molecule has 3 aliphatic rings. The first-order valence-corrected chi connectivity index (χ1v) is 14.4. The molecule has 0 radical (unpaired) electrons. The van der Waals surface area contributed by atoms with Crippen LogP contribution in [0.15, 0.2) is 83.9 Å². The Labute approximate surface area is 256 Å². The van der Waals surface area contributed by atoms with Gasteiger partial charge >= 0.3 is 0 Å². The van der Waals surface area contributed by atoms with Crippen LogP contribution in [0.5, 0.6) is 17.2 Å². The van der Waals surface area contributed by atoms with Crippen LogP contribution in [0.1, 0.15) is 23.6 Å². The van der Waals surface area contributed by atoms with E-state index in [4.69, 9.17) is 37.8 Å². The lowest BCUT2D eigenvalue weighted by Crippen LogP contribution is -2.60. The number of hydrogen-bond acceptors (Lipinski definition) is 5. The Morgan fingerprint density at radius 3 is 2.56 bits per heavy atom. The zero-order valence-corrected chi connectivity index (χ0v) is 24.0. The number of fused-ring (bicyclic) bond motifs is 2. The Hall–Kier alpha value is -3.92. The zero-order valence-electron chi connectivity index (χ0n) is 22.5. The maximum absolute atomic E-state index is 15.6. The highest BCUT2D eigenvalue weighted by Crippen LogP contribution is 2.58. The van der Waals surface area contributed by atoms with Crippen LogP contribution in [-0.2, 0) is 15.0 Å². The van der Waals surface area contributed by atoms with E-state index in [1.165, 1.54) is 36.4 Å². The molecule has 2 heterocycles. The summed E-state index contributed by atoms with van der Waals surface area (Å²) in [5.74, 6) is -2.35. The van der Waals surface area contributed by atoms with Crippen LogP contribution in [-0.4, -0.2) is 36.3 Å². The smallest absolute Gasteiger partial charge is 0.237 e. The Bertz CT molecular complexity index is 1650. The van der Waals surface area contributed by atoms with Crippen molar-refractivity contribution in [2.24, 2.45) is 11.8 Å². The number of aliphatic hydroxyl groups is 1. The number of aliphatic hydroxyl groups excluding tert-OH is 1. The Morgan fingerprint density at radius 1 is 1.02 bits per heavy atom. The number of alkyl halides is 1. The second-order valence-corrected chi connectivity index (χ2v) is 11.5. The summed E-state index contributed by atoms with van der Waals surface area (Å²) >= 11 is 12.6. The van der Waals surface area contributed by atoms with Crippen LogP contribution in [0.3, 0.4) is 0 Å². The van der Waals surface area contributed by atoms with Gasteiger partial charge in [-0.05, 0) is 78.2 Å². The van der Waals surface area contributed by atoms with Crippen LogP contribution < -0.4 is 20.1 Å². The molecule has 1 saturated heterocycles. The summed E-state index contributed by atoms with van der Waals surface area (Å²) in [7, 11) is 0. The molecule has 11 heteroatoms. The number of piperidine rings is 1. The van der Waals surface area contributed by atoms with E-state index < -0.39 is 47.1 Å². The number of amides is 2. The number of carbonyl (C=O) groups excluding carboxylic acids is 2. The van der Waals surface area contributed by atoms with Gasteiger partial charge in [0, 0.05) is 33.6 Å². The van der Waals surface area contributed by atoms with Gasteiger partial charge in [-0.3, -0.25) is 9.59 Å². The first-order valence-electron chi connectivity index (χ1n) is 13.6. The van der Waals surface area contributed by atoms with Gasteiger partial charge in [-0.1, -0.05) is 35.3 Å². The van der Waals surface area contributed by atoms with Crippen molar-refractivity contribution >= 4 is 40.7 Å². The Balaban J connectivity index is 1.51. The lowest BCUT2D eigenvalue weighted by atomic mass is 9.56. The van der Waals surface area contributed by atoms with Gasteiger partial charge in [0.15, 0.2) is 0 Å². The maximum atomic E-state index is 15.6. The highest BCUT2D eigenvalue weighted by molar-refractivity contribution is 6.31. The molecule has 3 aromatic carbocycles. The molecule has 2 amide bonds. The van der Waals surface area contributed by atoms with Gasteiger partial charge in [-0.2, -0.15) is 0 Å². The molecule has 0 saturated carbocycles. The van der Waals surface area contributed by atoms with Gasteiger partial charge in [0.25, 0.3) is 0 Å². The van der Waals surface area contributed by atoms with Gasteiger partial charge in [-0.15, -0.1) is 0 Å². The topological polar surface area (TPSA) is 96.9 Å².